The number of hydrogen-bond acceptors (Lipinski definition) is 3. The quantitative estimate of drug-likeness (QED) is 0.843. The number of likely N-dealkylation sites (tertiary alicyclic amines) is 1. The average molecular weight is 342 g/mol. The smallest absolute Gasteiger partial charge is 0.226 e. The maximum absolute atomic E-state index is 13.2. The predicted octanol–water partition coefficient (Wildman–Crippen LogP) is 2.81. The summed E-state index contributed by atoms with van der Waals surface area (Å²) in [6, 6.07) is 8.95. The van der Waals surface area contributed by atoms with Gasteiger partial charge in [0.2, 0.25) is 5.91 Å². The monoisotopic (exact) mass is 342 g/mol. The molecule has 2 aliphatic heterocycles. The van der Waals surface area contributed by atoms with E-state index in [1.54, 1.807) is 0 Å². The molecule has 0 spiro atoms. The SMILES string of the molecule is Cc1ccccc1[C@@H]1C[C@@H]1C(=O)N1CCCC[C@@H]1CN1CCOCC1. The lowest BCUT2D eigenvalue weighted by Gasteiger charge is -2.40. The molecule has 1 aliphatic carbocycles. The van der Waals surface area contributed by atoms with Crippen LogP contribution in [-0.2, 0) is 9.53 Å². The normalized spacial score (nSPS) is 30.3. The van der Waals surface area contributed by atoms with Gasteiger partial charge in [0.15, 0.2) is 0 Å². The van der Waals surface area contributed by atoms with Crippen LogP contribution in [0.25, 0.3) is 0 Å². The molecule has 1 aromatic rings. The van der Waals surface area contributed by atoms with Crippen molar-refractivity contribution in [3.63, 3.8) is 0 Å². The second kappa shape index (κ2) is 7.46. The summed E-state index contributed by atoms with van der Waals surface area (Å²) >= 11 is 0. The van der Waals surface area contributed by atoms with Crippen LogP contribution in [0.5, 0.6) is 0 Å². The van der Waals surface area contributed by atoms with Crippen molar-refractivity contribution in [1.29, 1.82) is 0 Å². The van der Waals surface area contributed by atoms with E-state index in [0.717, 1.165) is 58.7 Å². The Labute approximate surface area is 151 Å². The first-order valence-electron chi connectivity index (χ1n) is 9.90. The Morgan fingerprint density at radius 2 is 1.96 bits per heavy atom. The number of morpholine rings is 1. The highest BCUT2D eigenvalue weighted by Crippen LogP contribution is 2.49. The summed E-state index contributed by atoms with van der Waals surface area (Å²) in [5, 5.41) is 0. The van der Waals surface area contributed by atoms with E-state index in [1.807, 2.05) is 0 Å². The number of nitrogens with zero attached hydrogens (tertiary/aromatic N) is 2. The van der Waals surface area contributed by atoms with Crippen LogP contribution in [-0.4, -0.2) is 61.1 Å². The summed E-state index contributed by atoms with van der Waals surface area (Å²) in [4.78, 5) is 17.9. The molecule has 0 aromatic heterocycles. The molecule has 0 unspecified atom stereocenters. The van der Waals surface area contributed by atoms with Gasteiger partial charge in [-0.3, -0.25) is 9.69 Å². The third-order valence-electron chi connectivity index (χ3n) is 6.18. The minimum Gasteiger partial charge on any atom is -0.379 e. The highest BCUT2D eigenvalue weighted by molar-refractivity contribution is 5.83. The summed E-state index contributed by atoms with van der Waals surface area (Å²) in [5.74, 6) is 1.07. The second-order valence-electron chi connectivity index (χ2n) is 7.90. The van der Waals surface area contributed by atoms with Crippen molar-refractivity contribution in [2.24, 2.45) is 5.92 Å². The lowest BCUT2D eigenvalue weighted by Crippen LogP contribution is -2.51. The topological polar surface area (TPSA) is 32.8 Å². The van der Waals surface area contributed by atoms with E-state index in [2.05, 4.69) is 41.0 Å². The van der Waals surface area contributed by atoms with E-state index in [9.17, 15) is 4.79 Å². The first-order valence-corrected chi connectivity index (χ1v) is 9.90. The van der Waals surface area contributed by atoms with Crippen molar-refractivity contribution in [3.8, 4) is 0 Å². The molecule has 4 heteroatoms. The zero-order valence-corrected chi connectivity index (χ0v) is 15.3. The molecule has 3 fully saturated rings. The molecule has 25 heavy (non-hydrogen) atoms. The van der Waals surface area contributed by atoms with E-state index in [0.29, 0.717) is 17.9 Å². The third-order valence-corrected chi connectivity index (χ3v) is 6.18. The van der Waals surface area contributed by atoms with Gasteiger partial charge < -0.3 is 9.64 Å². The molecule has 2 heterocycles. The Kier molecular flexibility index (Phi) is 5.09. The molecule has 2 saturated heterocycles. The van der Waals surface area contributed by atoms with Crippen molar-refractivity contribution >= 4 is 5.91 Å². The van der Waals surface area contributed by atoms with Crippen LogP contribution >= 0.6 is 0 Å². The Balaban J connectivity index is 1.40. The standard InChI is InChI=1S/C21H30N2O2/c1-16-6-2-3-8-18(16)19-14-20(19)21(24)23-9-5-4-7-17(23)15-22-10-12-25-13-11-22/h2-3,6,8,17,19-20H,4-5,7,9-15H2,1H3/t17-,19+,20+/m1/s1. The Bertz CT molecular complexity index is 612. The highest BCUT2D eigenvalue weighted by Gasteiger charge is 2.47. The molecule has 1 amide bonds. The number of hydrogen-bond donors (Lipinski definition) is 0. The highest BCUT2D eigenvalue weighted by atomic mass is 16.5. The fraction of sp³-hybridized carbons (Fsp3) is 0.667. The van der Waals surface area contributed by atoms with E-state index < -0.39 is 0 Å². The van der Waals surface area contributed by atoms with Crippen molar-refractivity contribution in [1.82, 2.24) is 9.80 Å². The van der Waals surface area contributed by atoms with Crippen LogP contribution in [0, 0.1) is 12.8 Å². The fourth-order valence-electron chi connectivity index (χ4n) is 4.59. The molecular formula is C21H30N2O2. The van der Waals surface area contributed by atoms with Crippen molar-refractivity contribution in [2.75, 3.05) is 39.4 Å². The molecule has 3 aliphatic rings. The number of rotatable bonds is 4. The van der Waals surface area contributed by atoms with Crippen molar-refractivity contribution in [3.05, 3.63) is 35.4 Å². The lowest BCUT2D eigenvalue weighted by atomic mass is 9.99. The zero-order valence-electron chi connectivity index (χ0n) is 15.3. The second-order valence-corrected chi connectivity index (χ2v) is 7.90. The Morgan fingerprint density at radius 3 is 2.76 bits per heavy atom. The largest absolute Gasteiger partial charge is 0.379 e. The maximum Gasteiger partial charge on any atom is 0.226 e. The van der Waals surface area contributed by atoms with Crippen LogP contribution in [0.1, 0.15) is 42.7 Å². The van der Waals surface area contributed by atoms with Gasteiger partial charge in [0.1, 0.15) is 0 Å². The number of ether oxygens (including phenoxy) is 1. The number of carbonyl (C=O) groups is 1. The van der Waals surface area contributed by atoms with E-state index in [4.69, 9.17) is 4.74 Å². The lowest BCUT2D eigenvalue weighted by molar-refractivity contribution is -0.137. The summed E-state index contributed by atoms with van der Waals surface area (Å²) in [6.45, 7) is 7.82. The van der Waals surface area contributed by atoms with Gasteiger partial charge in [-0.2, -0.15) is 0 Å². The molecule has 0 bridgehead atoms. The fourth-order valence-corrected chi connectivity index (χ4v) is 4.59. The number of piperidine rings is 1. The minimum atomic E-state index is 0.214. The summed E-state index contributed by atoms with van der Waals surface area (Å²) in [5.41, 5.74) is 2.70. The van der Waals surface area contributed by atoms with Gasteiger partial charge in [-0.1, -0.05) is 24.3 Å². The van der Waals surface area contributed by atoms with Crippen LogP contribution < -0.4 is 0 Å². The van der Waals surface area contributed by atoms with Crippen LogP contribution in [0.2, 0.25) is 0 Å². The Morgan fingerprint density at radius 1 is 1.16 bits per heavy atom. The van der Waals surface area contributed by atoms with Gasteiger partial charge in [0, 0.05) is 38.1 Å². The summed E-state index contributed by atoms with van der Waals surface area (Å²) in [7, 11) is 0. The number of carbonyl (C=O) groups excluding carboxylic acids is 1. The average Bonchev–Trinajstić information content (AvgIpc) is 3.43. The number of benzene rings is 1. The molecule has 0 radical (unpaired) electrons. The van der Waals surface area contributed by atoms with Crippen molar-refractivity contribution in [2.45, 2.75) is 44.6 Å². The maximum atomic E-state index is 13.2. The molecular weight excluding hydrogens is 312 g/mol. The van der Waals surface area contributed by atoms with Crippen LogP contribution in [0.4, 0.5) is 0 Å². The van der Waals surface area contributed by atoms with Crippen molar-refractivity contribution < 1.29 is 9.53 Å². The number of aryl methyl sites for hydroxylation is 1. The molecule has 4 rings (SSSR count). The summed E-state index contributed by atoms with van der Waals surface area (Å²) < 4.78 is 5.46. The van der Waals surface area contributed by atoms with Gasteiger partial charge in [0.25, 0.3) is 0 Å². The molecule has 3 atom stereocenters. The van der Waals surface area contributed by atoms with E-state index in [1.165, 1.54) is 17.5 Å². The molecule has 136 valence electrons. The van der Waals surface area contributed by atoms with Gasteiger partial charge in [0.05, 0.1) is 13.2 Å². The molecule has 1 aromatic carbocycles. The van der Waals surface area contributed by atoms with Gasteiger partial charge in [-0.05, 0) is 49.7 Å². The van der Waals surface area contributed by atoms with Crippen LogP contribution in [0.15, 0.2) is 24.3 Å². The molecule has 4 nitrogen and oxygen atoms in total. The van der Waals surface area contributed by atoms with Gasteiger partial charge >= 0.3 is 0 Å². The number of amides is 1. The predicted molar refractivity (Wildman–Crippen MR) is 98.6 cm³/mol. The first-order chi connectivity index (χ1) is 12.2. The minimum absolute atomic E-state index is 0.214. The summed E-state index contributed by atoms with van der Waals surface area (Å²) in [6.07, 6.45) is 4.60. The van der Waals surface area contributed by atoms with Crippen LogP contribution in [0.3, 0.4) is 0 Å². The van der Waals surface area contributed by atoms with E-state index in [-0.39, 0.29) is 5.92 Å². The molecule has 0 N–H and O–H groups in total. The zero-order chi connectivity index (χ0) is 17.2. The van der Waals surface area contributed by atoms with Gasteiger partial charge in [-0.15, -0.1) is 0 Å². The molecule has 1 saturated carbocycles. The van der Waals surface area contributed by atoms with E-state index >= 15 is 0 Å². The van der Waals surface area contributed by atoms with Gasteiger partial charge in [-0.25, -0.2) is 0 Å². The Hall–Kier alpha value is -1.39. The first kappa shape index (κ1) is 17.0. The third kappa shape index (κ3) is 3.75.